The second-order valence-electron chi connectivity index (χ2n) is 4.32. The molecule has 0 spiro atoms. The Labute approximate surface area is 126 Å². The first-order valence-corrected chi connectivity index (χ1v) is 7.12. The molecule has 2 aromatic rings. The monoisotopic (exact) mass is 366 g/mol. The van der Waals surface area contributed by atoms with Crippen LogP contribution in [0.15, 0.2) is 48.7 Å². The van der Waals surface area contributed by atoms with Crippen LogP contribution in [0.2, 0.25) is 0 Å². The molecule has 0 radical (unpaired) electrons. The van der Waals surface area contributed by atoms with Crippen molar-refractivity contribution in [2.45, 2.75) is 12.8 Å². The number of nitrogens with zero attached hydrogens (tertiary/aromatic N) is 2. The van der Waals surface area contributed by atoms with Gasteiger partial charge in [0.05, 0.1) is 17.3 Å². The summed E-state index contributed by atoms with van der Waals surface area (Å²) in [6, 6.07) is 13.5. The van der Waals surface area contributed by atoms with E-state index in [1.807, 2.05) is 49.4 Å². The Kier molecular flexibility index (Phi) is 4.52. The van der Waals surface area contributed by atoms with Crippen LogP contribution in [0.5, 0.6) is 0 Å². The number of anilines is 1. The summed E-state index contributed by atoms with van der Waals surface area (Å²) in [6.07, 6.45) is 1.71. The summed E-state index contributed by atoms with van der Waals surface area (Å²) in [4.78, 5) is 18.4. The van der Waals surface area contributed by atoms with Crippen molar-refractivity contribution in [3.63, 3.8) is 0 Å². The van der Waals surface area contributed by atoms with Gasteiger partial charge in [-0.05, 0) is 53.8 Å². The molecule has 19 heavy (non-hydrogen) atoms. The summed E-state index contributed by atoms with van der Waals surface area (Å²) >= 11 is 2.24. The van der Waals surface area contributed by atoms with E-state index in [2.05, 4.69) is 27.6 Å². The summed E-state index contributed by atoms with van der Waals surface area (Å²) in [5.74, 6) is -0.204. The lowest BCUT2D eigenvalue weighted by molar-refractivity contribution is -0.119. The zero-order valence-electron chi connectivity index (χ0n) is 10.9. The summed E-state index contributed by atoms with van der Waals surface area (Å²) in [5, 5.41) is 0. The number of amides is 1. The van der Waals surface area contributed by atoms with Crippen LogP contribution in [0.3, 0.4) is 0 Å². The van der Waals surface area contributed by atoms with Crippen LogP contribution < -0.4 is 4.90 Å². The Morgan fingerprint density at radius 2 is 1.89 bits per heavy atom. The van der Waals surface area contributed by atoms with Gasteiger partial charge in [-0.25, -0.2) is 0 Å². The van der Waals surface area contributed by atoms with Crippen LogP contribution in [-0.2, 0) is 4.79 Å². The smallest absolute Gasteiger partial charge is 0.235 e. The molecule has 1 aromatic carbocycles. The van der Waals surface area contributed by atoms with Gasteiger partial charge in [0.2, 0.25) is 5.91 Å². The first kappa shape index (κ1) is 14.0. The third kappa shape index (κ3) is 3.12. The van der Waals surface area contributed by atoms with Gasteiger partial charge in [-0.3, -0.25) is 9.78 Å². The number of carbonyl (C=O) groups is 1. The quantitative estimate of drug-likeness (QED) is 0.780. The largest absolute Gasteiger partial charge is 0.314 e. The highest BCUT2D eigenvalue weighted by Crippen LogP contribution is 2.24. The summed E-state index contributed by atoms with van der Waals surface area (Å²) in [7, 11) is 1.80. The number of hydrogen-bond donors (Lipinski definition) is 0. The van der Waals surface area contributed by atoms with Crippen molar-refractivity contribution in [1.82, 2.24) is 4.98 Å². The maximum Gasteiger partial charge on any atom is 0.235 e. The molecule has 0 aliphatic rings. The first-order valence-electron chi connectivity index (χ1n) is 6.04. The van der Waals surface area contributed by atoms with Crippen molar-refractivity contribution < 1.29 is 4.79 Å². The summed E-state index contributed by atoms with van der Waals surface area (Å²) in [6.45, 7) is 1.89. The summed E-state index contributed by atoms with van der Waals surface area (Å²) < 4.78 is 1.06. The number of para-hydroxylation sites is 1. The Morgan fingerprint density at radius 3 is 2.53 bits per heavy atom. The van der Waals surface area contributed by atoms with Gasteiger partial charge in [0, 0.05) is 16.8 Å². The van der Waals surface area contributed by atoms with Crippen molar-refractivity contribution in [3.05, 3.63) is 57.9 Å². The van der Waals surface area contributed by atoms with Gasteiger partial charge in [-0.2, -0.15) is 0 Å². The molecule has 4 heteroatoms. The Hall–Kier alpha value is -1.43. The molecule has 2 rings (SSSR count). The lowest BCUT2D eigenvalue weighted by atomic mass is 10.1. The molecule has 3 nitrogen and oxygen atoms in total. The molecule has 0 saturated heterocycles. The van der Waals surface area contributed by atoms with Crippen LogP contribution in [0.25, 0.3) is 0 Å². The van der Waals surface area contributed by atoms with Crippen LogP contribution in [0.4, 0.5) is 5.69 Å². The van der Waals surface area contributed by atoms with Gasteiger partial charge in [0.25, 0.3) is 0 Å². The molecular formula is C15H15IN2O. The van der Waals surface area contributed by atoms with E-state index in [0.717, 1.165) is 15.0 Å². The van der Waals surface area contributed by atoms with E-state index >= 15 is 0 Å². The number of likely N-dealkylation sites (N-methyl/N-ethyl adjacent to an activating group) is 1. The molecule has 0 bridgehead atoms. The van der Waals surface area contributed by atoms with E-state index in [9.17, 15) is 4.79 Å². The average molecular weight is 366 g/mol. The van der Waals surface area contributed by atoms with E-state index in [4.69, 9.17) is 0 Å². The number of halogens is 1. The van der Waals surface area contributed by atoms with Crippen LogP contribution in [0.1, 0.15) is 18.5 Å². The third-order valence-electron chi connectivity index (χ3n) is 3.05. The maximum atomic E-state index is 12.5. The second kappa shape index (κ2) is 6.14. The SMILES string of the molecule is CC(C(=O)N(C)c1ccccc1I)c1ccccn1. The number of rotatable bonds is 3. The highest BCUT2D eigenvalue weighted by molar-refractivity contribution is 14.1. The fourth-order valence-electron chi connectivity index (χ4n) is 1.89. The van der Waals surface area contributed by atoms with Crippen LogP contribution >= 0.6 is 22.6 Å². The van der Waals surface area contributed by atoms with Crippen LogP contribution in [-0.4, -0.2) is 17.9 Å². The zero-order chi connectivity index (χ0) is 13.8. The van der Waals surface area contributed by atoms with E-state index in [0.29, 0.717) is 0 Å². The number of hydrogen-bond acceptors (Lipinski definition) is 2. The standard InChI is InChI=1S/C15H15IN2O/c1-11(13-8-5-6-10-17-13)15(19)18(2)14-9-4-3-7-12(14)16/h3-11H,1-2H3. The number of carbonyl (C=O) groups excluding carboxylic acids is 1. The van der Waals surface area contributed by atoms with Gasteiger partial charge in [0.1, 0.15) is 0 Å². The van der Waals surface area contributed by atoms with Gasteiger partial charge in [0.15, 0.2) is 0 Å². The van der Waals surface area contributed by atoms with Crippen molar-refractivity contribution in [2.75, 3.05) is 11.9 Å². The molecule has 0 N–H and O–H groups in total. The van der Waals surface area contributed by atoms with E-state index in [-0.39, 0.29) is 11.8 Å². The fraction of sp³-hybridized carbons (Fsp3) is 0.200. The second-order valence-corrected chi connectivity index (χ2v) is 5.49. The third-order valence-corrected chi connectivity index (χ3v) is 3.96. The molecular weight excluding hydrogens is 351 g/mol. The van der Waals surface area contributed by atoms with Crippen molar-refractivity contribution in [1.29, 1.82) is 0 Å². The first-order chi connectivity index (χ1) is 9.11. The normalized spacial score (nSPS) is 11.9. The highest BCUT2D eigenvalue weighted by Gasteiger charge is 2.22. The topological polar surface area (TPSA) is 33.2 Å². The molecule has 1 heterocycles. The molecule has 0 aliphatic heterocycles. The predicted molar refractivity (Wildman–Crippen MR) is 85.2 cm³/mol. The molecule has 0 saturated carbocycles. The molecule has 1 atom stereocenters. The average Bonchev–Trinajstić information content (AvgIpc) is 2.46. The lowest BCUT2D eigenvalue weighted by Crippen LogP contribution is -2.31. The molecule has 0 fully saturated rings. The zero-order valence-corrected chi connectivity index (χ0v) is 13.0. The van der Waals surface area contributed by atoms with Crippen LogP contribution in [0, 0.1) is 3.57 Å². The minimum atomic E-state index is -0.248. The molecule has 1 aromatic heterocycles. The van der Waals surface area contributed by atoms with E-state index in [1.165, 1.54) is 0 Å². The Morgan fingerprint density at radius 1 is 1.21 bits per heavy atom. The minimum Gasteiger partial charge on any atom is -0.314 e. The van der Waals surface area contributed by atoms with Gasteiger partial charge in [-0.1, -0.05) is 18.2 Å². The number of aromatic nitrogens is 1. The highest BCUT2D eigenvalue weighted by atomic mass is 127. The Balaban J connectivity index is 2.23. The van der Waals surface area contributed by atoms with E-state index < -0.39 is 0 Å². The number of benzene rings is 1. The fourth-order valence-corrected chi connectivity index (χ4v) is 2.64. The lowest BCUT2D eigenvalue weighted by Gasteiger charge is -2.22. The predicted octanol–water partition coefficient (Wildman–Crippen LogP) is 3.45. The van der Waals surface area contributed by atoms with Crippen molar-refractivity contribution in [2.24, 2.45) is 0 Å². The van der Waals surface area contributed by atoms with Crippen molar-refractivity contribution >= 4 is 34.2 Å². The van der Waals surface area contributed by atoms with Gasteiger partial charge >= 0.3 is 0 Å². The van der Waals surface area contributed by atoms with Gasteiger partial charge < -0.3 is 4.90 Å². The Bertz CT molecular complexity index is 571. The molecule has 1 amide bonds. The molecule has 98 valence electrons. The van der Waals surface area contributed by atoms with E-state index in [1.54, 1.807) is 18.1 Å². The molecule has 0 aliphatic carbocycles. The summed E-state index contributed by atoms with van der Waals surface area (Å²) in [5.41, 5.74) is 1.72. The van der Waals surface area contributed by atoms with Crippen molar-refractivity contribution in [3.8, 4) is 0 Å². The number of pyridine rings is 1. The molecule has 1 unspecified atom stereocenters. The van der Waals surface area contributed by atoms with Gasteiger partial charge in [-0.15, -0.1) is 0 Å². The maximum absolute atomic E-state index is 12.5. The minimum absolute atomic E-state index is 0.0443.